The second kappa shape index (κ2) is 10.0. The number of nitrogens with zero attached hydrogens (tertiary/aromatic N) is 1. The average molecular weight is 434 g/mol. The topological polar surface area (TPSA) is 81.0 Å². The SMILES string of the molecule is COc1ccccc1OCc1ccc(C(=O)NCc2cccc(CN3CCCC3=O)c2)o1. The van der Waals surface area contributed by atoms with Crippen molar-refractivity contribution in [3.05, 3.63) is 83.3 Å². The fourth-order valence-electron chi connectivity index (χ4n) is 3.66. The van der Waals surface area contributed by atoms with Crippen LogP contribution in [0.5, 0.6) is 11.5 Å². The van der Waals surface area contributed by atoms with Crippen molar-refractivity contribution in [1.29, 1.82) is 0 Å². The van der Waals surface area contributed by atoms with Crippen molar-refractivity contribution in [1.82, 2.24) is 10.2 Å². The number of hydrogen-bond donors (Lipinski definition) is 1. The van der Waals surface area contributed by atoms with Gasteiger partial charge in [0.05, 0.1) is 7.11 Å². The molecule has 7 nitrogen and oxygen atoms in total. The lowest BCUT2D eigenvalue weighted by Crippen LogP contribution is -2.24. The molecule has 7 heteroatoms. The normalized spacial score (nSPS) is 13.3. The van der Waals surface area contributed by atoms with E-state index in [4.69, 9.17) is 13.9 Å². The first-order valence-electron chi connectivity index (χ1n) is 10.6. The molecule has 1 N–H and O–H groups in total. The molecule has 1 aromatic heterocycles. The molecule has 0 aliphatic carbocycles. The first-order valence-corrected chi connectivity index (χ1v) is 10.6. The molecule has 0 spiro atoms. The van der Waals surface area contributed by atoms with Crippen LogP contribution in [0.2, 0.25) is 0 Å². The molecule has 2 aromatic carbocycles. The molecular weight excluding hydrogens is 408 g/mol. The summed E-state index contributed by atoms with van der Waals surface area (Å²) < 4.78 is 16.6. The first-order chi connectivity index (χ1) is 15.6. The van der Waals surface area contributed by atoms with Gasteiger partial charge in [-0.15, -0.1) is 0 Å². The predicted octanol–water partition coefficient (Wildman–Crippen LogP) is 3.92. The summed E-state index contributed by atoms with van der Waals surface area (Å²) in [5.41, 5.74) is 2.02. The molecule has 2 amide bonds. The summed E-state index contributed by atoms with van der Waals surface area (Å²) in [6.07, 6.45) is 1.55. The van der Waals surface area contributed by atoms with Crippen LogP contribution in [-0.4, -0.2) is 30.4 Å². The van der Waals surface area contributed by atoms with Gasteiger partial charge in [-0.3, -0.25) is 9.59 Å². The number of carbonyl (C=O) groups excluding carboxylic acids is 2. The number of hydrogen-bond acceptors (Lipinski definition) is 5. The number of para-hydroxylation sites is 2. The maximum absolute atomic E-state index is 12.5. The molecule has 2 heterocycles. The number of furan rings is 1. The molecule has 0 saturated carbocycles. The van der Waals surface area contributed by atoms with Crippen LogP contribution in [0.3, 0.4) is 0 Å². The molecule has 3 aromatic rings. The van der Waals surface area contributed by atoms with Gasteiger partial charge in [0.15, 0.2) is 17.3 Å². The Morgan fingerprint density at radius 1 is 1.06 bits per heavy atom. The molecule has 0 radical (unpaired) electrons. The van der Waals surface area contributed by atoms with Crippen molar-refractivity contribution >= 4 is 11.8 Å². The van der Waals surface area contributed by atoms with Gasteiger partial charge in [0.2, 0.25) is 5.91 Å². The van der Waals surface area contributed by atoms with E-state index in [1.54, 1.807) is 19.2 Å². The average Bonchev–Trinajstić information content (AvgIpc) is 3.46. The van der Waals surface area contributed by atoms with Crippen molar-refractivity contribution < 1.29 is 23.5 Å². The van der Waals surface area contributed by atoms with E-state index in [0.717, 1.165) is 24.1 Å². The Hall–Kier alpha value is -3.74. The fourth-order valence-corrected chi connectivity index (χ4v) is 3.66. The molecule has 1 fully saturated rings. The van der Waals surface area contributed by atoms with Crippen LogP contribution in [0, 0.1) is 0 Å². The Morgan fingerprint density at radius 3 is 2.66 bits per heavy atom. The highest BCUT2D eigenvalue weighted by Gasteiger charge is 2.20. The monoisotopic (exact) mass is 434 g/mol. The summed E-state index contributed by atoms with van der Waals surface area (Å²) in [6, 6.07) is 18.6. The molecule has 4 rings (SSSR count). The van der Waals surface area contributed by atoms with Crippen LogP contribution >= 0.6 is 0 Å². The smallest absolute Gasteiger partial charge is 0.287 e. The lowest BCUT2D eigenvalue weighted by molar-refractivity contribution is -0.128. The van der Waals surface area contributed by atoms with Gasteiger partial charge in [0.25, 0.3) is 5.91 Å². The predicted molar refractivity (Wildman–Crippen MR) is 118 cm³/mol. The third-order valence-corrected chi connectivity index (χ3v) is 5.31. The van der Waals surface area contributed by atoms with Gasteiger partial charge in [0, 0.05) is 26.1 Å². The third-order valence-electron chi connectivity index (χ3n) is 5.31. The van der Waals surface area contributed by atoms with Crippen LogP contribution in [0.1, 0.15) is 40.3 Å². The summed E-state index contributed by atoms with van der Waals surface area (Å²) >= 11 is 0. The highest BCUT2D eigenvalue weighted by Crippen LogP contribution is 2.26. The third kappa shape index (κ3) is 5.29. The maximum Gasteiger partial charge on any atom is 0.287 e. The zero-order valence-electron chi connectivity index (χ0n) is 18.0. The van der Waals surface area contributed by atoms with Crippen LogP contribution < -0.4 is 14.8 Å². The van der Waals surface area contributed by atoms with Crippen molar-refractivity contribution in [2.75, 3.05) is 13.7 Å². The number of carbonyl (C=O) groups is 2. The number of amides is 2. The molecule has 32 heavy (non-hydrogen) atoms. The number of rotatable bonds is 9. The fraction of sp³-hybridized carbons (Fsp3) is 0.280. The Labute approximate surface area is 186 Å². The minimum atomic E-state index is -0.298. The number of ether oxygens (including phenoxy) is 2. The number of methoxy groups -OCH3 is 1. The Kier molecular flexibility index (Phi) is 6.75. The zero-order chi connectivity index (χ0) is 22.3. The summed E-state index contributed by atoms with van der Waals surface area (Å²) in [4.78, 5) is 26.2. The van der Waals surface area contributed by atoms with Gasteiger partial charge in [-0.05, 0) is 41.8 Å². The summed E-state index contributed by atoms with van der Waals surface area (Å²) in [5, 5.41) is 2.88. The van der Waals surface area contributed by atoms with Crippen LogP contribution in [0.15, 0.2) is 65.1 Å². The molecule has 1 aliphatic heterocycles. The highest BCUT2D eigenvalue weighted by molar-refractivity contribution is 5.91. The molecule has 166 valence electrons. The quantitative estimate of drug-likeness (QED) is 0.552. The largest absolute Gasteiger partial charge is 0.493 e. The van der Waals surface area contributed by atoms with Crippen LogP contribution in [-0.2, 0) is 24.5 Å². The van der Waals surface area contributed by atoms with E-state index < -0.39 is 0 Å². The summed E-state index contributed by atoms with van der Waals surface area (Å²) in [7, 11) is 1.58. The van der Waals surface area contributed by atoms with Gasteiger partial charge < -0.3 is 24.1 Å². The zero-order valence-corrected chi connectivity index (χ0v) is 18.0. The van der Waals surface area contributed by atoms with E-state index in [1.807, 2.05) is 53.4 Å². The lowest BCUT2D eigenvalue weighted by Gasteiger charge is -2.16. The number of nitrogens with one attached hydrogen (secondary N) is 1. The van der Waals surface area contributed by atoms with E-state index in [-0.39, 0.29) is 24.2 Å². The second-order valence-corrected chi connectivity index (χ2v) is 7.63. The minimum Gasteiger partial charge on any atom is -0.493 e. The van der Waals surface area contributed by atoms with Gasteiger partial charge in [0.1, 0.15) is 12.4 Å². The maximum atomic E-state index is 12.5. The molecule has 0 bridgehead atoms. The van der Waals surface area contributed by atoms with E-state index >= 15 is 0 Å². The summed E-state index contributed by atoms with van der Waals surface area (Å²) in [6.45, 7) is 1.97. The minimum absolute atomic E-state index is 0.185. The highest BCUT2D eigenvalue weighted by atomic mass is 16.5. The van der Waals surface area contributed by atoms with Crippen LogP contribution in [0.4, 0.5) is 0 Å². The van der Waals surface area contributed by atoms with Crippen molar-refractivity contribution in [2.24, 2.45) is 0 Å². The van der Waals surface area contributed by atoms with Crippen molar-refractivity contribution in [3.63, 3.8) is 0 Å². The van der Waals surface area contributed by atoms with E-state index in [2.05, 4.69) is 5.32 Å². The van der Waals surface area contributed by atoms with Crippen molar-refractivity contribution in [3.8, 4) is 11.5 Å². The molecular formula is C25H26N2O5. The molecule has 0 atom stereocenters. The van der Waals surface area contributed by atoms with E-state index in [9.17, 15) is 9.59 Å². The van der Waals surface area contributed by atoms with E-state index in [1.165, 1.54) is 0 Å². The Bertz CT molecular complexity index is 1090. The number of benzene rings is 2. The van der Waals surface area contributed by atoms with Gasteiger partial charge in [-0.1, -0.05) is 36.4 Å². The molecule has 1 saturated heterocycles. The van der Waals surface area contributed by atoms with Gasteiger partial charge in [-0.2, -0.15) is 0 Å². The standard InChI is InChI=1S/C25H26N2O5/c1-30-21-8-2-3-9-22(21)31-17-20-11-12-23(32-20)25(29)26-15-18-6-4-7-19(14-18)16-27-13-5-10-24(27)28/h2-4,6-9,11-12,14H,5,10,13,15-17H2,1H3,(H,26,29). The molecule has 1 aliphatic rings. The van der Waals surface area contributed by atoms with Gasteiger partial charge >= 0.3 is 0 Å². The Balaban J connectivity index is 1.30. The van der Waals surface area contributed by atoms with E-state index in [0.29, 0.717) is 36.8 Å². The summed E-state index contributed by atoms with van der Waals surface area (Å²) in [5.74, 6) is 1.91. The first kappa shape index (κ1) is 21.5. The second-order valence-electron chi connectivity index (χ2n) is 7.63. The van der Waals surface area contributed by atoms with Gasteiger partial charge in [-0.25, -0.2) is 0 Å². The van der Waals surface area contributed by atoms with Crippen LogP contribution in [0.25, 0.3) is 0 Å². The molecule has 0 unspecified atom stereocenters. The number of likely N-dealkylation sites (tertiary alicyclic amines) is 1. The Morgan fingerprint density at radius 2 is 1.88 bits per heavy atom. The lowest BCUT2D eigenvalue weighted by atomic mass is 10.1. The van der Waals surface area contributed by atoms with Crippen molar-refractivity contribution in [2.45, 2.75) is 32.5 Å².